The second-order valence-electron chi connectivity index (χ2n) is 6.28. The van der Waals surface area contributed by atoms with Gasteiger partial charge in [-0.15, -0.1) is 0 Å². The van der Waals surface area contributed by atoms with Gasteiger partial charge in [0.2, 0.25) is 0 Å². The van der Waals surface area contributed by atoms with Crippen LogP contribution in [0.2, 0.25) is 0 Å². The van der Waals surface area contributed by atoms with E-state index in [1.54, 1.807) is 11.3 Å². The summed E-state index contributed by atoms with van der Waals surface area (Å²) >= 11 is 1.73. The van der Waals surface area contributed by atoms with Crippen LogP contribution in [0.5, 0.6) is 0 Å². The quantitative estimate of drug-likeness (QED) is 0.625. The van der Waals surface area contributed by atoms with Crippen LogP contribution in [0.1, 0.15) is 39.2 Å². The third-order valence-electron chi connectivity index (χ3n) is 4.35. The highest BCUT2D eigenvalue weighted by Crippen LogP contribution is 2.17. The van der Waals surface area contributed by atoms with Crippen molar-refractivity contribution in [3.05, 3.63) is 22.4 Å². The number of aliphatic imine (C=N–C) groups is 1. The van der Waals surface area contributed by atoms with Gasteiger partial charge in [-0.1, -0.05) is 6.92 Å². The fourth-order valence-electron chi connectivity index (χ4n) is 2.74. The minimum absolute atomic E-state index is 0.553. The van der Waals surface area contributed by atoms with Gasteiger partial charge in [0, 0.05) is 19.1 Å². The van der Waals surface area contributed by atoms with Crippen LogP contribution in [-0.2, 0) is 6.54 Å². The molecular weight excluding hydrogens is 292 g/mol. The second-order valence-corrected chi connectivity index (χ2v) is 7.06. The van der Waals surface area contributed by atoms with Crippen molar-refractivity contribution in [3.63, 3.8) is 0 Å². The summed E-state index contributed by atoms with van der Waals surface area (Å²) in [6, 6.07) is 2.69. The zero-order valence-electron chi connectivity index (χ0n) is 14.1. The number of thiophene rings is 1. The minimum Gasteiger partial charge on any atom is -0.357 e. The zero-order valence-corrected chi connectivity index (χ0v) is 15.0. The molecule has 0 radical (unpaired) electrons. The maximum absolute atomic E-state index is 4.67. The van der Waals surface area contributed by atoms with Crippen LogP contribution in [0.3, 0.4) is 0 Å². The molecule has 0 saturated carbocycles. The summed E-state index contributed by atoms with van der Waals surface area (Å²) in [5.41, 5.74) is 1.28. The number of hydrogen-bond donors (Lipinski definition) is 2. The predicted molar refractivity (Wildman–Crippen MR) is 96.6 cm³/mol. The zero-order chi connectivity index (χ0) is 15.8. The van der Waals surface area contributed by atoms with Gasteiger partial charge in [-0.3, -0.25) is 4.90 Å². The molecule has 1 aromatic heterocycles. The van der Waals surface area contributed by atoms with Crippen molar-refractivity contribution < 1.29 is 0 Å². The van der Waals surface area contributed by atoms with Crippen LogP contribution >= 0.6 is 11.3 Å². The fraction of sp³-hybridized carbons (Fsp3) is 0.706. The standard InChI is InChI=1S/C17H30N4S/c1-4-18-17(20-12-16-7-10-22-13-16)19-11-15(3)21-8-5-14(2)6-9-21/h7,10,13-15H,4-6,8-9,11-12H2,1-3H3,(H2,18,19,20). The Bertz CT molecular complexity index is 436. The Morgan fingerprint density at radius 2 is 2.18 bits per heavy atom. The Kier molecular flexibility index (Phi) is 7.19. The van der Waals surface area contributed by atoms with Crippen molar-refractivity contribution in [1.29, 1.82) is 0 Å². The first-order valence-corrected chi connectivity index (χ1v) is 9.40. The number of piperidine rings is 1. The van der Waals surface area contributed by atoms with Gasteiger partial charge < -0.3 is 10.6 Å². The largest absolute Gasteiger partial charge is 0.357 e. The van der Waals surface area contributed by atoms with Gasteiger partial charge in [0.05, 0.1) is 6.54 Å². The monoisotopic (exact) mass is 322 g/mol. The molecule has 124 valence electrons. The molecule has 2 heterocycles. The Morgan fingerprint density at radius 1 is 1.41 bits per heavy atom. The van der Waals surface area contributed by atoms with Gasteiger partial charge in [0.1, 0.15) is 0 Å². The number of likely N-dealkylation sites (tertiary alicyclic amines) is 1. The topological polar surface area (TPSA) is 39.7 Å². The van der Waals surface area contributed by atoms with Crippen LogP contribution in [-0.4, -0.2) is 43.1 Å². The second kappa shape index (κ2) is 9.16. The highest BCUT2D eigenvalue weighted by molar-refractivity contribution is 7.07. The highest BCUT2D eigenvalue weighted by Gasteiger charge is 2.20. The SMILES string of the molecule is CCNC(=NCc1ccsc1)NCC(C)N1CCC(C)CC1. The molecular formula is C17H30N4S. The van der Waals surface area contributed by atoms with Crippen molar-refractivity contribution in [2.24, 2.45) is 10.9 Å². The van der Waals surface area contributed by atoms with Crippen LogP contribution in [0.15, 0.2) is 21.8 Å². The molecule has 1 fully saturated rings. The summed E-state index contributed by atoms with van der Waals surface area (Å²) in [5, 5.41) is 11.1. The first kappa shape index (κ1) is 17.3. The summed E-state index contributed by atoms with van der Waals surface area (Å²) in [7, 11) is 0. The molecule has 4 nitrogen and oxygen atoms in total. The van der Waals surface area contributed by atoms with E-state index < -0.39 is 0 Å². The fourth-order valence-corrected chi connectivity index (χ4v) is 3.40. The molecule has 0 aromatic carbocycles. The molecule has 5 heteroatoms. The van der Waals surface area contributed by atoms with E-state index in [4.69, 9.17) is 0 Å². The third-order valence-corrected chi connectivity index (χ3v) is 5.08. The minimum atomic E-state index is 0.553. The number of nitrogens with zero attached hydrogens (tertiary/aromatic N) is 2. The van der Waals surface area contributed by atoms with E-state index in [9.17, 15) is 0 Å². The molecule has 0 spiro atoms. The lowest BCUT2D eigenvalue weighted by atomic mass is 9.98. The number of rotatable bonds is 6. The van der Waals surface area contributed by atoms with E-state index in [2.05, 4.69) is 58.1 Å². The van der Waals surface area contributed by atoms with Gasteiger partial charge >= 0.3 is 0 Å². The van der Waals surface area contributed by atoms with Gasteiger partial charge in [-0.2, -0.15) is 11.3 Å². The lowest BCUT2D eigenvalue weighted by Crippen LogP contribution is -2.48. The van der Waals surface area contributed by atoms with E-state index in [-0.39, 0.29) is 0 Å². The first-order chi connectivity index (χ1) is 10.7. The van der Waals surface area contributed by atoms with Crippen LogP contribution < -0.4 is 10.6 Å². The molecule has 1 unspecified atom stereocenters. The van der Waals surface area contributed by atoms with Crippen LogP contribution in [0.4, 0.5) is 0 Å². The molecule has 1 aliphatic heterocycles. The first-order valence-electron chi connectivity index (χ1n) is 8.46. The van der Waals surface area contributed by atoms with Crippen LogP contribution in [0, 0.1) is 5.92 Å². The molecule has 1 saturated heterocycles. The summed E-state index contributed by atoms with van der Waals surface area (Å²) in [4.78, 5) is 7.26. The lowest BCUT2D eigenvalue weighted by molar-refractivity contribution is 0.147. The summed E-state index contributed by atoms with van der Waals surface area (Å²) in [5.74, 6) is 1.81. The van der Waals surface area contributed by atoms with Crippen molar-refractivity contribution in [3.8, 4) is 0 Å². The Morgan fingerprint density at radius 3 is 2.82 bits per heavy atom. The molecule has 1 aliphatic rings. The van der Waals surface area contributed by atoms with Crippen molar-refractivity contribution in [2.45, 2.75) is 46.2 Å². The van der Waals surface area contributed by atoms with Gasteiger partial charge in [-0.05, 0) is 68.1 Å². The maximum atomic E-state index is 4.67. The Hall–Kier alpha value is -1.07. The van der Waals surface area contributed by atoms with Crippen molar-refractivity contribution in [1.82, 2.24) is 15.5 Å². The van der Waals surface area contributed by atoms with E-state index in [0.29, 0.717) is 6.04 Å². The summed E-state index contributed by atoms with van der Waals surface area (Å²) in [6.07, 6.45) is 2.66. The summed E-state index contributed by atoms with van der Waals surface area (Å²) in [6.45, 7) is 11.8. The third kappa shape index (κ3) is 5.61. The van der Waals surface area contributed by atoms with Crippen LogP contribution in [0.25, 0.3) is 0 Å². The molecule has 2 rings (SSSR count). The highest BCUT2D eigenvalue weighted by atomic mass is 32.1. The Balaban J connectivity index is 1.79. The molecule has 0 amide bonds. The van der Waals surface area contributed by atoms with E-state index in [1.165, 1.54) is 31.5 Å². The molecule has 1 aromatic rings. The van der Waals surface area contributed by atoms with Gasteiger partial charge in [-0.25, -0.2) is 4.99 Å². The predicted octanol–water partition coefficient (Wildman–Crippen LogP) is 2.92. The maximum Gasteiger partial charge on any atom is 0.191 e. The number of hydrogen-bond acceptors (Lipinski definition) is 3. The van der Waals surface area contributed by atoms with E-state index >= 15 is 0 Å². The van der Waals surface area contributed by atoms with E-state index in [0.717, 1.165) is 31.5 Å². The van der Waals surface area contributed by atoms with E-state index in [1.807, 2.05) is 0 Å². The average Bonchev–Trinajstić information content (AvgIpc) is 3.04. The normalized spacial score (nSPS) is 19.1. The van der Waals surface area contributed by atoms with Crippen molar-refractivity contribution >= 4 is 17.3 Å². The molecule has 22 heavy (non-hydrogen) atoms. The molecule has 0 aliphatic carbocycles. The van der Waals surface area contributed by atoms with Gasteiger partial charge in [0.15, 0.2) is 5.96 Å². The average molecular weight is 323 g/mol. The van der Waals surface area contributed by atoms with Crippen molar-refractivity contribution in [2.75, 3.05) is 26.2 Å². The smallest absolute Gasteiger partial charge is 0.191 e. The van der Waals surface area contributed by atoms with Gasteiger partial charge in [0.25, 0.3) is 0 Å². The summed E-state index contributed by atoms with van der Waals surface area (Å²) < 4.78 is 0. The molecule has 0 bridgehead atoms. The number of nitrogens with one attached hydrogen (secondary N) is 2. The number of guanidine groups is 1. The molecule has 1 atom stereocenters. The Labute approximate surface area is 139 Å². The molecule has 2 N–H and O–H groups in total. The lowest BCUT2D eigenvalue weighted by Gasteiger charge is -2.35.